The zero-order valence-electron chi connectivity index (χ0n) is 18.6. The number of carbonyl (C=O) groups excluding carboxylic acids is 2. The van der Waals surface area contributed by atoms with Gasteiger partial charge in [-0.3, -0.25) is 19.6 Å². The fourth-order valence-electron chi connectivity index (χ4n) is 3.22. The predicted octanol–water partition coefficient (Wildman–Crippen LogP) is 5.42. The van der Waals surface area contributed by atoms with E-state index in [2.05, 4.69) is 23.8 Å². The molecule has 0 unspecified atom stereocenters. The van der Waals surface area contributed by atoms with Gasteiger partial charge in [-0.05, 0) is 41.2 Å². The minimum atomic E-state index is -0.00731. The van der Waals surface area contributed by atoms with Crippen LogP contribution in [0.4, 0.5) is 0 Å². The zero-order valence-corrected chi connectivity index (χ0v) is 18.6. The van der Waals surface area contributed by atoms with Gasteiger partial charge in [-0.2, -0.15) is 0 Å². The van der Waals surface area contributed by atoms with Crippen LogP contribution in [-0.4, -0.2) is 37.1 Å². The Morgan fingerprint density at radius 3 is 1.44 bits per heavy atom. The summed E-state index contributed by atoms with van der Waals surface area (Å²) in [5.74, 6) is -0.0146. The second-order valence-electron chi connectivity index (χ2n) is 7.56. The highest BCUT2D eigenvalue weighted by Crippen LogP contribution is 2.08. The van der Waals surface area contributed by atoms with Gasteiger partial charge in [-0.25, -0.2) is 0 Å². The van der Waals surface area contributed by atoms with E-state index >= 15 is 0 Å². The topological polar surface area (TPSA) is 58.9 Å². The number of carbonyl (C=O) groups is 2. The van der Waals surface area contributed by atoms with Crippen molar-refractivity contribution >= 4 is 24.0 Å². The first kappa shape index (κ1) is 23.0. The molecule has 0 spiro atoms. The molecule has 32 heavy (non-hydrogen) atoms. The number of rotatable bonds is 10. The Kier molecular flexibility index (Phi) is 8.38. The minimum Gasteiger partial charge on any atom is -0.292 e. The van der Waals surface area contributed by atoms with Crippen molar-refractivity contribution in [2.24, 2.45) is 9.98 Å². The normalized spacial score (nSPS) is 11.3. The molecule has 0 aliphatic carbocycles. The van der Waals surface area contributed by atoms with E-state index in [1.54, 1.807) is 12.4 Å². The summed E-state index contributed by atoms with van der Waals surface area (Å²) in [5.41, 5.74) is 5.52. The molecule has 0 saturated carbocycles. The number of hydrogen-bond acceptors (Lipinski definition) is 4. The van der Waals surface area contributed by atoms with Gasteiger partial charge in [0.1, 0.15) is 13.1 Å². The van der Waals surface area contributed by atoms with Gasteiger partial charge in [0.15, 0.2) is 11.6 Å². The Balaban J connectivity index is 1.54. The van der Waals surface area contributed by atoms with E-state index in [9.17, 15) is 9.59 Å². The van der Waals surface area contributed by atoms with Crippen LogP contribution >= 0.6 is 0 Å². The Morgan fingerprint density at radius 1 is 0.656 bits per heavy atom. The van der Waals surface area contributed by atoms with E-state index in [-0.39, 0.29) is 24.7 Å². The maximum absolute atomic E-state index is 12.3. The van der Waals surface area contributed by atoms with Gasteiger partial charge < -0.3 is 0 Å². The van der Waals surface area contributed by atoms with Crippen LogP contribution in [0.1, 0.15) is 56.8 Å². The standard InChI is InChI=1S/C28H28N2O2/c1-3-21-8-12-25(13-9-21)27(31)19-29-17-23-6-5-7-24(16-23)18-30-20-28(32)26-14-10-22(4-2)11-15-26/h5-18H,3-4,19-20H2,1-2H3. The first-order chi connectivity index (χ1) is 15.6. The van der Waals surface area contributed by atoms with Crippen molar-refractivity contribution in [2.75, 3.05) is 13.1 Å². The summed E-state index contributed by atoms with van der Waals surface area (Å²) in [6.07, 6.45) is 5.28. The fraction of sp³-hybridized carbons (Fsp3) is 0.214. The average molecular weight is 425 g/mol. The Hall–Kier alpha value is -3.66. The largest absolute Gasteiger partial charge is 0.292 e. The number of Topliss-reactive ketones (excluding diaryl/α,β-unsaturated/α-hetero) is 2. The molecule has 3 aromatic carbocycles. The van der Waals surface area contributed by atoms with Crippen molar-refractivity contribution in [3.63, 3.8) is 0 Å². The Bertz CT molecular complexity index is 1020. The molecule has 3 aromatic rings. The second kappa shape index (κ2) is 11.7. The molecular formula is C28H28N2O2. The van der Waals surface area contributed by atoms with E-state index in [0.29, 0.717) is 11.1 Å². The Morgan fingerprint density at radius 2 is 1.06 bits per heavy atom. The SMILES string of the molecule is CCc1ccc(C(=O)CN=Cc2cccc(C=NCC(=O)c3ccc(CC)cc3)c2)cc1. The molecule has 0 aliphatic heterocycles. The molecule has 4 heteroatoms. The molecule has 3 rings (SSSR count). The monoisotopic (exact) mass is 424 g/mol. The highest BCUT2D eigenvalue weighted by atomic mass is 16.1. The van der Waals surface area contributed by atoms with E-state index in [1.807, 2.05) is 72.8 Å². The molecule has 0 aromatic heterocycles. The highest BCUT2D eigenvalue weighted by molar-refractivity contribution is 5.99. The van der Waals surface area contributed by atoms with Crippen LogP contribution in [0, 0.1) is 0 Å². The number of hydrogen-bond donors (Lipinski definition) is 0. The number of aliphatic imine (C=N–C) groups is 2. The average Bonchev–Trinajstić information content (AvgIpc) is 2.84. The molecule has 0 heterocycles. The number of nitrogens with zero attached hydrogens (tertiary/aromatic N) is 2. The summed E-state index contributed by atoms with van der Waals surface area (Å²) >= 11 is 0. The van der Waals surface area contributed by atoms with Gasteiger partial charge in [0, 0.05) is 23.6 Å². The maximum atomic E-state index is 12.3. The smallest absolute Gasteiger partial charge is 0.184 e. The molecule has 162 valence electrons. The lowest BCUT2D eigenvalue weighted by molar-refractivity contribution is 0.0994. The molecular weight excluding hydrogens is 396 g/mol. The molecule has 0 radical (unpaired) electrons. The minimum absolute atomic E-state index is 0.00731. The Labute approximate surface area is 189 Å². The lowest BCUT2D eigenvalue weighted by atomic mass is 10.1. The molecule has 0 aliphatic rings. The van der Waals surface area contributed by atoms with Gasteiger partial charge in [0.05, 0.1) is 0 Å². The summed E-state index contributed by atoms with van der Waals surface area (Å²) in [5, 5.41) is 0. The summed E-state index contributed by atoms with van der Waals surface area (Å²) < 4.78 is 0. The lowest BCUT2D eigenvalue weighted by Crippen LogP contribution is -2.04. The first-order valence-corrected chi connectivity index (χ1v) is 10.9. The van der Waals surface area contributed by atoms with Crippen LogP contribution < -0.4 is 0 Å². The number of aryl methyl sites for hydroxylation is 2. The molecule has 0 N–H and O–H groups in total. The van der Waals surface area contributed by atoms with Crippen molar-refractivity contribution in [3.05, 3.63) is 106 Å². The van der Waals surface area contributed by atoms with E-state index < -0.39 is 0 Å². The number of benzene rings is 3. The molecule has 4 nitrogen and oxygen atoms in total. The van der Waals surface area contributed by atoms with Crippen LogP contribution in [0.2, 0.25) is 0 Å². The summed E-state index contributed by atoms with van der Waals surface area (Å²) in [7, 11) is 0. The second-order valence-corrected chi connectivity index (χ2v) is 7.56. The summed E-state index contributed by atoms with van der Waals surface area (Å²) in [6, 6.07) is 23.0. The fourth-order valence-corrected chi connectivity index (χ4v) is 3.22. The van der Waals surface area contributed by atoms with Crippen molar-refractivity contribution in [1.29, 1.82) is 0 Å². The molecule has 0 atom stereocenters. The lowest BCUT2D eigenvalue weighted by Gasteiger charge is -2.01. The van der Waals surface area contributed by atoms with Gasteiger partial charge in [0.2, 0.25) is 0 Å². The van der Waals surface area contributed by atoms with Crippen LogP contribution in [0.25, 0.3) is 0 Å². The van der Waals surface area contributed by atoms with Crippen LogP contribution in [0.5, 0.6) is 0 Å². The highest BCUT2D eigenvalue weighted by Gasteiger charge is 2.05. The number of ketones is 2. The van der Waals surface area contributed by atoms with Crippen LogP contribution in [-0.2, 0) is 12.8 Å². The zero-order chi connectivity index (χ0) is 22.8. The quantitative estimate of drug-likeness (QED) is 0.322. The summed E-state index contributed by atoms with van der Waals surface area (Å²) in [6.45, 7) is 4.38. The van der Waals surface area contributed by atoms with Gasteiger partial charge >= 0.3 is 0 Å². The van der Waals surface area contributed by atoms with Gasteiger partial charge in [0.25, 0.3) is 0 Å². The molecule has 0 amide bonds. The third kappa shape index (κ3) is 6.67. The van der Waals surface area contributed by atoms with Crippen molar-refractivity contribution in [2.45, 2.75) is 26.7 Å². The van der Waals surface area contributed by atoms with Crippen LogP contribution in [0.3, 0.4) is 0 Å². The first-order valence-electron chi connectivity index (χ1n) is 10.9. The third-order valence-electron chi connectivity index (χ3n) is 5.23. The van der Waals surface area contributed by atoms with Crippen molar-refractivity contribution < 1.29 is 9.59 Å². The molecule has 0 fully saturated rings. The maximum Gasteiger partial charge on any atom is 0.184 e. The summed E-state index contributed by atoms with van der Waals surface area (Å²) in [4.78, 5) is 33.2. The van der Waals surface area contributed by atoms with E-state index in [1.165, 1.54) is 11.1 Å². The van der Waals surface area contributed by atoms with Crippen LogP contribution in [0.15, 0.2) is 82.8 Å². The van der Waals surface area contributed by atoms with Crippen molar-refractivity contribution in [3.8, 4) is 0 Å². The van der Waals surface area contributed by atoms with E-state index in [4.69, 9.17) is 0 Å². The van der Waals surface area contributed by atoms with Gasteiger partial charge in [-0.15, -0.1) is 0 Å². The molecule has 0 saturated heterocycles. The van der Waals surface area contributed by atoms with E-state index in [0.717, 1.165) is 24.0 Å². The van der Waals surface area contributed by atoms with Crippen molar-refractivity contribution in [1.82, 2.24) is 0 Å². The molecule has 0 bridgehead atoms. The van der Waals surface area contributed by atoms with Gasteiger partial charge in [-0.1, -0.05) is 80.6 Å². The third-order valence-corrected chi connectivity index (χ3v) is 5.23. The predicted molar refractivity (Wildman–Crippen MR) is 132 cm³/mol.